The van der Waals surface area contributed by atoms with Crippen molar-refractivity contribution < 1.29 is 0 Å². The molecule has 2 nitrogen and oxygen atoms in total. The summed E-state index contributed by atoms with van der Waals surface area (Å²) in [5.41, 5.74) is 1.69. The summed E-state index contributed by atoms with van der Waals surface area (Å²) in [5.74, 6) is 5.79. The van der Waals surface area contributed by atoms with Crippen molar-refractivity contribution in [2.75, 3.05) is 5.33 Å². The lowest BCUT2D eigenvalue weighted by molar-refractivity contribution is 1.19. The third kappa shape index (κ3) is 2.24. The van der Waals surface area contributed by atoms with Crippen molar-refractivity contribution in [3.8, 4) is 11.8 Å². The molecular weight excluding hydrogens is 218 g/mol. The fourth-order valence-corrected chi connectivity index (χ4v) is 0.977. The molecule has 1 aromatic rings. The topological polar surface area (TPSA) is 32.9 Å². The van der Waals surface area contributed by atoms with Crippen LogP contribution in [0, 0.1) is 18.8 Å². The summed E-state index contributed by atoms with van der Waals surface area (Å²) >= 11 is 3.20. The Morgan fingerprint density at radius 1 is 1.67 bits per heavy atom. The van der Waals surface area contributed by atoms with E-state index in [1.54, 1.807) is 6.20 Å². The average Bonchev–Trinajstić information content (AvgIpc) is 2.03. The van der Waals surface area contributed by atoms with Gasteiger partial charge in [0.2, 0.25) is 5.56 Å². The highest BCUT2D eigenvalue weighted by atomic mass is 79.9. The lowest BCUT2D eigenvalue weighted by Crippen LogP contribution is -2.04. The van der Waals surface area contributed by atoms with E-state index in [-0.39, 0.29) is 5.56 Å². The van der Waals surface area contributed by atoms with E-state index in [0.717, 1.165) is 11.1 Å². The first-order chi connectivity index (χ1) is 5.74. The minimum absolute atomic E-state index is 0.0862. The van der Waals surface area contributed by atoms with E-state index >= 15 is 0 Å². The maximum atomic E-state index is 10.8. The van der Waals surface area contributed by atoms with Gasteiger partial charge in [0.25, 0.3) is 0 Å². The quantitative estimate of drug-likeness (QED) is 0.526. The average molecular weight is 226 g/mol. The molecule has 0 spiro atoms. The number of rotatable bonds is 0. The van der Waals surface area contributed by atoms with Crippen molar-refractivity contribution in [2.24, 2.45) is 0 Å². The predicted octanol–water partition coefficient (Wildman–Crippen LogP) is 1.43. The normalized spacial score (nSPS) is 8.83. The molecule has 0 radical (unpaired) electrons. The molecule has 1 aromatic heterocycles. The van der Waals surface area contributed by atoms with Gasteiger partial charge in [-0.15, -0.1) is 0 Å². The molecule has 0 amide bonds. The lowest BCUT2D eigenvalue weighted by Gasteiger charge is -1.93. The second-order valence-corrected chi connectivity index (χ2v) is 2.89. The first-order valence-corrected chi connectivity index (χ1v) is 4.60. The van der Waals surface area contributed by atoms with Crippen LogP contribution in [-0.4, -0.2) is 10.3 Å². The molecule has 0 aliphatic rings. The van der Waals surface area contributed by atoms with Gasteiger partial charge in [0.15, 0.2) is 0 Å². The summed E-state index contributed by atoms with van der Waals surface area (Å²) in [6.07, 6.45) is 1.63. The highest BCUT2D eigenvalue weighted by Crippen LogP contribution is 1.99. The van der Waals surface area contributed by atoms with Gasteiger partial charge in [-0.25, -0.2) is 0 Å². The van der Waals surface area contributed by atoms with Crippen LogP contribution in [0.1, 0.15) is 11.1 Å². The number of aromatic nitrogens is 1. The monoisotopic (exact) mass is 225 g/mol. The van der Waals surface area contributed by atoms with E-state index in [1.165, 1.54) is 6.07 Å². The SMILES string of the molecule is Cc1cc(=O)[nH]cc1C#CCBr. The van der Waals surface area contributed by atoms with Gasteiger partial charge in [0.1, 0.15) is 0 Å². The van der Waals surface area contributed by atoms with Crippen LogP contribution in [0.25, 0.3) is 0 Å². The van der Waals surface area contributed by atoms with Gasteiger partial charge < -0.3 is 4.98 Å². The second-order valence-electron chi connectivity index (χ2n) is 2.33. The number of hydrogen-bond acceptors (Lipinski definition) is 1. The standard InChI is InChI=1S/C9H8BrNO/c1-7-5-9(12)11-6-8(7)3-2-4-10/h5-6H,4H2,1H3,(H,11,12). The van der Waals surface area contributed by atoms with Crippen LogP contribution in [0.4, 0.5) is 0 Å². The molecule has 1 heterocycles. The first kappa shape index (κ1) is 9.08. The smallest absolute Gasteiger partial charge is 0.248 e. The third-order valence-electron chi connectivity index (χ3n) is 1.42. The zero-order valence-corrected chi connectivity index (χ0v) is 8.23. The molecule has 12 heavy (non-hydrogen) atoms. The number of aromatic amines is 1. The van der Waals surface area contributed by atoms with E-state index in [1.807, 2.05) is 6.92 Å². The Hall–Kier alpha value is -1.01. The van der Waals surface area contributed by atoms with E-state index < -0.39 is 0 Å². The van der Waals surface area contributed by atoms with Crippen molar-refractivity contribution in [3.63, 3.8) is 0 Å². The molecule has 0 aliphatic carbocycles. The Morgan fingerprint density at radius 2 is 2.42 bits per heavy atom. The maximum absolute atomic E-state index is 10.8. The summed E-state index contributed by atoms with van der Waals surface area (Å²) in [4.78, 5) is 13.4. The Balaban J connectivity index is 3.10. The highest BCUT2D eigenvalue weighted by Gasteiger charge is 1.93. The number of hydrogen-bond donors (Lipinski definition) is 1. The zero-order valence-electron chi connectivity index (χ0n) is 6.65. The number of aryl methyl sites for hydroxylation is 1. The third-order valence-corrected chi connectivity index (χ3v) is 1.70. The van der Waals surface area contributed by atoms with Crippen LogP contribution in [-0.2, 0) is 0 Å². The Labute approximate surface area is 79.1 Å². The number of nitrogens with one attached hydrogen (secondary N) is 1. The van der Waals surface area contributed by atoms with Gasteiger partial charge in [-0.2, -0.15) is 0 Å². The Bertz CT molecular complexity index is 383. The molecule has 1 rings (SSSR count). The molecule has 1 N–H and O–H groups in total. The summed E-state index contributed by atoms with van der Waals surface area (Å²) in [5, 5.41) is 0.644. The minimum Gasteiger partial charge on any atom is -0.328 e. The van der Waals surface area contributed by atoms with Gasteiger partial charge in [0, 0.05) is 17.8 Å². The largest absolute Gasteiger partial charge is 0.328 e. The van der Waals surface area contributed by atoms with E-state index in [4.69, 9.17) is 0 Å². The summed E-state index contributed by atoms with van der Waals surface area (Å²) in [6, 6.07) is 1.54. The number of alkyl halides is 1. The molecule has 0 bridgehead atoms. The zero-order chi connectivity index (χ0) is 8.97. The van der Waals surface area contributed by atoms with Crippen LogP contribution < -0.4 is 5.56 Å². The number of halogens is 1. The maximum Gasteiger partial charge on any atom is 0.248 e. The van der Waals surface area contributed by atoms with Crippen molar-refractivity contribution in [1.29, 1.82) is 0 Å². The minimum atomic E-state index is -0.0862. The van der Waals surface area contributed by atoms with Gasteiger partial charge in [0.05, 0.1) is 5.33 Å². The first-order valence-electron chi connectivity index (χ1n) is 3.48. The number of pyridine rings is 1. The molecule has 0 saturated heterocycles. The molecule has 62 valence electrons. The molecule has 0 aliphatic heterocycles. The lowest BCUT2D eigenvalue weighted by atomic mass is 10.2. The molecular formula is C9H8BrNO. The molecule has 0 atom stereocenters. The van der Waals surface area contributed by atoms with Crippen LogP contribution in [0.2, 0.25) is 0 Å². The molecule has 3 heteroatoms. The molecule has 0 unspecified atom stereocenters. The van der Waals surface area contributed by atoms with E-state index in [9.17, 15) is 4.79 Å². The summed E-state index contributed by atoms with van der Waals surface area (Å²) in [6.45, 7) is 1.87. The van der Waals surface area contributed by atoms with Crippen LogP contribution in [0.15, 0.2) is 17.1 Å². The van der Waals surface area contributed by atoms with E-state index in [0.29, 0.717) is 5.33 Å². The number of H-pyrrole nitrogens is 1. The van der Waals surface area contributed by atoms with Gasteiger partial charge >= 0.3 is 0 Å². The van der Waals surface area contributed by atoms with E-state index in [2.05, 4.69) is 32.8 Å². The highest BCUT2D eigenvalue weighted by molar-refractivity contribution is 9.09. The fraction of sp³-hybridized carbons (Fsp3) is 0.222. The summed E-state index contributed by atoms with van der Waals surface area (Å²) in [7, 11) is 0. The predicted molar refractivity (Wildman–Crippen MR) is 52.5 cm³/mol. The van der Waals surface area contributed by atoms with Crippen molar-refractivity contribution in [2.45, 2.75) is 6.92 Å². The Morgan fingerprint density at radius 3 is 3.00 bits per heavy atom. The van der Waals surface area contributed by atoms with Gasteiger partial charge in [-0.1, -0.05) is 27.8 Å². The van der Waals surface area contributed by atoms with Crippen molar-refractivity contribution in [3.05, 3.63) is 33.7 Å². The molecule has 0 saturated carbocycles. The van der Waals surface area contributed by atoms with Crippen molar-refractivity contribution >= 4 is 15.9 Å². The molecule has 0 aromatic carbocycles. The van der Waals surface area contributed by atoms with Crippen molar-refractivity contribution in [1.82, 2.24) is 4.98 Å². The van der Waals surface area contributed by atoms with Gasteiger partial charge in [-0.05, 0) is 12.5 Å². The van der Waals surface area contributed by atoms with Crippen LogP contribution in [0.5, 0.6) is 0 Å². The Kier molecular flexibility index (Phi) is 3.12. The van der Waals surface area contributed by atoms with Crippen LogP contribution >= 0.6 is 15.9 Å². The molecule has 0 fully saturated rings. The fourth-order valence-electron chi connectivity index (χ4n) is 0.836. The van der Waals surface area contributed by atoms with Gasteiger partial charge in [-0.3, -0.25) is 4.79 Å². The second kappa shape index (κ2) is 4.13. The summed E-state index contributed by atoms with van der Waals surface area (Å²) < 4.78 is 0. The van der Waals surface area contributed by atoms with Crippen LogP contribution in [0.3, 0.4) is 0 Å².